The van der Waals surface area contributed by atoms with E-state index in [9.17, 15) is 4.79 Å². The molecule has 0 aliphatic carbocycles. The van der Waals surface area contributed by atoms with E-state index in [1.54, 1.807) is 26.0 Å². The Morgan fingerprint density at radius 2 is 1.94 bits per heavy atom. The van der Waals surface area contributed by atoms with E-state index in [1.807, 2.05) is 0 Å². The van der Waals surface area contributed by atoms with Crippen molar-refractivity contribution in [3.8, 4) is 5.88 Å². The van der Waals surface area contributed by atoms with E-state index in [2.05, 4.69) is 9.97 Å². The average molecular weight is 225 g/mol. The quantitative estimate of drug-likeness (QED) is 0.710. The Labute approximate surface area is 93.8 Å². The highest BCUT2D eigenvalue weighted by Crippen LogP contribution is 2.33. The van der Waals surface area contributed by atoms with E-state index >= 15 is 0 Å². The lowest BCUT2D eigenvalue weighted by Gasteiger charge is -2.21. The highest BCUT2D eigenvalue weighted by molar-refractivity contribution is 5.85. The summed E-state index contributed by atoms with van der Waals surface area (Å²) < 4.78 is 5.08. The Bertz CT molecular complexity index is 394. The van der Waals surface area contributed by atoms with Crippen LogP contribution in [0.5, 0.6) is 5.88 Å². The molecule has 1 aromatic rings. The van der Waals surface area contributed by atoms with Gasteiger partial charge in [-0.3, -0.25) is 4.79 Å². The molecule has 0 saturated carbocycles. The zero-order chi connectivity index (χ0) is 12.3. The molecular weight excluding hydrogens is 210 g/mol. The van der Waals surface area contributed by atoms with Crippen molar-refractivity contribution in [2.75, 3.05) is 43.8 Å². The van der Waals surface area contributed by atoms with Gasteiger partial charge in [-0.05, 0) is 0 Å². The molecule has 0 atom stereocenters. The maximum atomic E-state index is 10.8. The molecule has 1 rings (SSSR count). The van der Waals surface area contributed by atoms with Gasteiger partial charge >= 0.3 is 0 Å². The third-order valence-electron chi connectivity index (χ3n) is 1.98. The molecule has 2 N–H and O–H groups in total. The Balaban J connectivity index is 3.44. The molecule has 0 saturated heterocycles. The predicted octanol–water partition coefficient (Wildman–Crippen LogP) is -0.274. The molecule has 0 bridgehead atoms. The highest BCUT2D eigenvalue weighted by atomic mass is 16.5. The summed E-state index contributed by atoms with van der Waals surface area (Å²) in [5.74, 6) is 0.897. The first-order valence-corrected chi connectivity index (χ1v) is 4.58. The van der Waals surface area contributed by atoms with Crippen LogP contribution in [0, 0.1) is 0 Å². The SMILES string of the molecule is COc1nc(N)nc(N(C)C)c1N(C)C=O. The Kier molecular flexibility index (Phi) is 3.49. The third-order valence-corrected chi connectivity index (χ3v) is 1.98. The number of hydrogen-bond acceptors (Lipinski definition) is 6. The second kappa shape index (κ2) is 4.65. The van der Waals surface area contributed by atoms with Gasteiger partial charge < -0.3 is 20.3 Å². The molecule has 1 amide bonds. The average Bonchev–Trinajstić information content (AvgIpc) is 2.26. The van der Waals surface area contributed by atoms with Gasteiger partial charge in [0.2, 0.25) is 18.2 Å². The normalized spacial score (nSPS) is 9.75. The van der Waals surface area contributed by atoms with E-state index in [4.69, 9.17) is 10.5 Å². The molecule has 0 aliphatic heterocycles. The van der Waals surface area contributed by atoms with Gasteiger partial charge in [0.1, 0.15) is 5.69 Å². The fourth-order valence-corrected chi connectivity index (χ4v) is 1.25. The molecular formula is C9H15N5O2. The van der Waals surface area contributed by atoms with Gasteiger partial charge in [0, 0.05) is 21.1 Å². The Morgan fingerprint density at radius 1 is 1.31 bits per heavy atom. The van der Waals surface area contributed by atoms with Crippen molar-refractivity contribution >= 4 is 23.9 Å². The highest BCUT2D eigenvalue weighted by Gasteiger charge is 2.19. The number of hydrogen-bond donors (Lipinski definition) is 1. The molecule has 0 spiro atoms. The van der Waals surface area contributed by atoms with Crippen molar-refractivity contribution in [3.63, 3.8) is 0 Å². The molecule has 0 aliphatic rings. The van der Waals surface area contributed by atoms with Crippen molar-refractivity contribution in [2.24, 2.45) is 0 Å². The molecule has 1 aromatic heterocycles. The summed E-state index contributed by atoms with van der Waals surface area (Å²) in [4.78, 5) is 21.9. The minimum absolute atomic E-state index is 0.101. The van der Waals surface area contributed by atoms with E-state index in [0.717, 1.165) is 0 Å². The summed E-state index contributed by atoms with van der Waals surface area (Å²) in [6.45, 7) is 0. The summed E-state index contributed by atoms with van der Waals surface area (Å²) in [7, 11) is 6.65. The van der Waals surface area contributed by atoms with Gasteiger partial charge in [0.25, 0.3) is 0 Å². The number of methoxy groups -OCH3 is 1. The lowest BCUT2D eigenvalue weighted by Crippen LogP contribution is -2.22. The number of ether oxygens (including phenoxy) is 1. The summed E-state index contributed by atoms with van der Waals surface area (Å²) in [6.07, 6.45) is 0.657. The van der Waals surface area contributed by atoms with E-state index < -0.39 is 0 Å². The molecule has 0 fully saturated rings. The number of carbonyl (C=O) groups excluding carboxylic acids is 1. The number of nitrogen functional groups attached to an aromatic ring is 1. The first-order chi connectivity index (χ1) is 7.51. The molecule has 88 valence electrons. The minimum Gasteiger partial charge on any atom is -0.479 e. The van der Waals surface area contributed by atoms with E-state index in [-0.39, 0.29) is 11.8 Å². The molecule has 1 heterocycles. The largest absolute Gasteiger partial charge is 0.479 e. The molecule has 7 nitrogen and oxygen atoms in total. The first-order valence-electron chi connectivity index (χ1n) is 4.58. The lowest BCUT2D eigenvalue weighted by atomic mass is 10.4. The van der Waals surface area contributed by atoms with Crippen molar-refractivity contribution in [1.29, 1.82) is 0 Å². The van der Waals surface area contributed by atoms with Crippen molar-refractivity contribution in [1.82, 2.24) is 9.97 Å². The van der Waals surface area contributed by atoms with Crippen LogP contribution in [0.3, 0.4) is 0 Å². The second-order valence-corrected chi connectivity index (χ2v) is 3.37. The second-order valence-electron chi connectivity index (χ2n) is 3.37. The summed E-state index contributed by atoms with van der Waals surface area (Å²) in [6, 6.07) is 0. The maximum Gasteiger partial charge on any atom is 0.244 e. The van der Waals surface area contributed by atoms with Crippen LogP contribution in [0.25, 0.3) is 0 Å². The van der Waals surface area contributed by atoms with Crippen LogP contribution in [0.1, 0.15) is 0 Å². The van der Waals surface area contributed by atoms with Gasteiger partial charge in [-0.2, -0.15) is 9.97 Å². The third kappa shape index (κ3) is 2.13. The van der Waals surface area contributed by atoms with Gasteiger partial charge in [-0.1, -0.05) is 0 Å². The topological polar surface area (TPSA) is 84.6 Å². The van der Waals surface area contributed by atoms with Crippen molar-refractivity contribution in [2.45, 2.75) is 0 Å². The van der Waals surface area contributed by atoms with Gasteiger partial charge in [-0.25, -0.2) is 0 Å². The molecule has 0 radical (unpaired) electrons. The van der Waals surface area contributed by atoms with Crippen LogP contribution in [0.15, 0.2) is 0 Å². The zero-order valence-electron chi connectivity index (χ0n) is 9.76. The molecule has 7 heteroatoms. The number of anilines is 3. The minimum atomic E-state index is 0.101. The van der Waals surface area contributed by atoms with Gasteiger partial charge in [-0.15, -0.1) is 0 Å². The van der Waals surface area contributed by atoms with Crippen LogP contribution in [0.2, 0.25) is 0 Å². The maximum absolute atomic E-state index is 10.8. The Hall–Kier alpha value is -2.05. The standard InChI is InChI=1S/C9H15N5O2/c1-13(2)7-6(14(3)5-15)8(16-4)12-9(10)11-7/h5H,1-4H3,(H2,10,11,12). The Morgan fingerprint density at radius 3 is 2.38 bits per heavy atom. The van der Waals surface area contributed by atoms with Crippen LogP contribution in [-0.2, 0) is 4.79 Å². The summed E-state index contributed by atoms with van der Waals surface area (Å²) in [5, 5.41) is 0. The van der Waals surface area contributed by atoms with E-state index in [0.29, 0.717) is 17.9 Å². The number of carbonyl (C=O) groups is 1. The number of nitrogens with zero attached hydrogens (tertiary/aromatic N) is 4. The van der Waals surface area contributed by atoms with Crippen molar-refractivity contribution in [3.05, 3.63) is 0 Å². The smallest absolute Gasteiger partial charge is 0.244 e. The van der Waals surface area contributed by atoms with Crippen LogP contribution in [-0.4, -0.2) is 44.6 Å². The zero-order valence-corrected chi connectivity index (χ0v) is 9.76. The lowest BCUT2D eigenvalue weighted by molar-refractivity contribution is -0.107. The summed E-state index contributed by atoms with van der Waals surface area (Å²) >= 11 is 0. The van der Waals surface area contributed by atoms with Gasteiger partial charge in [0.05, 0.1) is 7.11 Å². The summed E-state index contributed by atoms with van der Waals surface area (Å²) in [5.41, 5.74) is 6.03. The number of nitrogens with two attached hydrogens (primary N) is 1. The molecule has 16 heavy (non-hydrogen) atoms. The van der Waals surface area contributed by atoms with Crippen molar-refractivity contribution < 1.29 is 9.53 Å². The van der Waals surface area contributed by atoms with Gasteiger partial charge in [0.15, 0.2) is 5.82 Å². The number of amides is 1. The van der Waals surface area contributed by atoms with Crippen LogP contribution < -0.4 is 20.3 Å². The predicted molar refractivity (Wildman–Crippen MR) is 61.8 cm³/mol. The first kappa shape index (κ1) is 12.0. The monoisotopic (exact) mass is 225 g/mol. The fourth-order valence-electron chi connectivity index (χ4n) is 1.25. The van der Waals surface area contributed by atoms with Crippen LogP contribution in [0.4, 0.5) is 17.5 Å². The molecule has 0 aromatic carbocycles. The number of aromatic nitrogens is 2. The van der Waals surface area contributed by atoms with Crippen LogP contribution >= 0.6 is 0 Å². The molecule has 0 unspecified atom stereocenters. The van der Waals surface area contributed by atoms with E-state index in [1.165, 1.54) is 12.0 Å². The number of rotatable bonds is 4. The fraction of sp³-hybridized carbons (Fsp3) is 0.444.